The Bertz CT molecular complexity index is 328. The largest absolute Gasteiger partial charge is 0.392 e. The maximum atomic E-state index is 10.8. The monoisotopic (exact) mass is 238 g/mol. The molecule has 98 valence electrons. The van der Waals surface area contributed by atoms with Crippen LogP contribution in [0.2, 0.25) is 0 Å². The molecule has 2 saturated carbocycles. The van der Waals surface area contributed by atoms with E-state index in [-0.39, 0.29) is 5.41 Å². The summed E-state index contributed by atoms with van der Waals surface area (Å²) in [5.41, 5.74) is 0.197. The van der Waals surface area contributed by atoms with Crippen molar-refractivity contribution in [3.8, 4) is 0 Å². The Hall–Kier alpha value is -0.340. The minimum atomic E-state index is -0.704. The molecular formula is C15H26O2. The van der Waals surface area contributed by atoms with Gasteiger partial charge in [0, 0.05) is 5.41 Å². The fraction of sp³-hybridized carbons (Fsp3) is 0.867. The van der Waals surface area contributed by atoms with Gasteiger partial charge in [-0.05, 0) is 58.3 Å². The molecule has 2 aliphatic rings. The molecule has 5 atom stereocenters. The number of allylic oxidation sites excluding steroid dienone is 1. The maximum absolute atomic E-state index is 10.8. The second-order valence-corrected chi connectivity index (χ2v) is 6.67. The molecule has 0 amide bonds. The van der Waals surface area contributed by atoms with Gasteiger partial charge in [0.1, 0.15) is 0 Å². The Balaban J connectivity index is 2.20. The predicted octanol–water partition coefficient (Wildman–Crippen LogP) is 2.89. The van der Waals surface area contributed by atoms with Crippen molar-refractivity contribution >= 4 is 0 Å². The fourth-order valence-electron chi connectivity index (χ4n) is 4.09. The molecule has 0 saturated heterocycles. The third-order valence-electron chi connectivity index (χ3n) is 5.61. The summed E-state index contributed by atoms with van der Waals surface area (Å²) < 4.78 is 0. The molecule has 0 aromatic rings. The van der Waals surface area contributed by atoms with E-state index in [1.165, 1.54) is 12.0 Å². The van der Waals surface area contributed by atoms with Crippen LogP contribution < -0.4 is 0 Å². The first-order valence-electron chi connectivity index (χ1n) is 6.84. The van der Waals surface area contributed by atoms with Crippen molar-refractivity contribution in [1.29, 1.82) is 0 Å². The van der Waals surface area contributed by atoms with Crippen LogP contribution in [0.1, 0.15) is 53.4 Å². The molecule has 17 heavy (non-hydrogen) atoms. The topological polar surface area (TPSA) is 40.5 Å². The van der Waals surface area contributed by atoms with Gasteiger partial charge in [0.15, 0.2) is 0 Å². The molecule has 0 aromatic heterocycles. The molecule has 0 aliphatic heterocycles. The predicted molar refractivity (Wildman–Crippen MR) is 69.6 cm³/mol. The maximum Gasteiger partial charge on any atom is 0.0728 e. The van der Waals surface area contributed by atoms with Gasteiger partial charge in [-0.15, -0.1) is 0 Å². The Morgan fingerprint density at radius 1 is 1.29 bits per heavy atom. The molecule has 2 nitrogen and oxygen atoms in total. The zero-order chi connectivity index (χ0) is 12.8. The Kier molecular flexibility index (Phi) is 3.16. The average molecular weight is 238 g/mol. The van der Waals surface area contributed by atoms with Crippen LogP contribution in [0, 0.1) is 17.3 Å². The second-order valence-electron chi connectivity index (χ2n) is 6.67. The van der Waals surface area contributed by atoms with Crippen LogP contribution in [0.15, 0.2) is 11.6 Å². The molecular weight excluding hydrogens is 212 g/mol. The number of rotatable bonds is 3. The first-order chi connectivity index (χ1) is 7.80. The number of fused-ring (bicyclic) bond motifs is 2. The third-order valence-corrected chi connectivity index (χ3v) is 5.61. The molecule has 2 rings (SSSR count). The molecule has 2 aliphatic carbocycles. The van der Waals surface area contributed by atoms with Gasteiger partial charge in [0.2, 0.25) is 0 Å². The van der Waals surface area contributed by atoms with Crippen molar-refractivity contribution in [2.24, 2.45) is 17.3 Å². The lowest BCUT2D eigenvalue weighted by Crippen LogP contribution is -2.55. The van der Waals surface area contributed by atoms with Crippen LogP contribution >= 0.6 is 0 Å². The van der Waals surface area contributed by atoms with Gasteiger partial charge >= 0.3 is 0 Å². The Labute approximate surface area is 105 Å². The highest BCUT2D eigenvalue weighted by atomic mass is 16.3. The van der Waals surface area contributed by atoms with E-state index in [4.69, 9.17) is 0 Å². The molecule has 2 N–H and O–H groups in total. The minimum absolute atomic E-state index is 0.331. The van der Waals surface area contributed by atoms with Crippen molar-refractivity contribution in [1.82, 2.24) is 0 Å². The Morgan fingerprint density at radius 2 is 1.88 bits per heavy atom. The quantitative estimate of drug-likeness (QED) is 0.742. The van der Waals surface area contributed by atoms with E-state index in [2.05, 4.69) is 13.0 Å². The molecule has 0 unspecified atom stereocenters. The van der Waals surface area contributed by atoms with Gasteiger partial charge in [-0.25, -0.2) is 0 Å². The lowest BCUT2D eigenvalue weighted by molar-refractivity contribution is -0.154. The van der Waals surface area contributed by atoms with Gasteiger partial charge in [0.25, 0.3) is 0 Å². The van der Waals surface area contributed by atoms with Gasteiger partial charge in [0.05, 0.1) is 11.7 Å². The third kappa shape index (κ3) is 1.77. The average Bonchev–Trinajstić information content (AvgIpc) is 2.78. The van der Waals surface area contributed by atoms with E-state index in [1.54, 1.807) is 0 Å². The molecule has 0 heterocycles. The summed E-state index contributed by atoms with van der Waals surface area (Å²) in [5, 5.41) is 21.3. The summed E-state index contributed by atoms with van der Waals surface area (Å²) in [6.07, 6.45) is 5.71. The van der Waals surface area contributed by atoms with Gasteiger partial charge in [-0.3, -0.25) is 0 Å². The highest BCUT2D eigenvalue weighted by Crippen LogP contribution is 2.63. The van der Waals surface area contributed by atoms with Crippen LogP contribution in [-0.2, 0) is 0 Å². The zero-order valence-corrected chi connectivity index (χ0v) is 11.5. The van der Waals surface area contributed by atoms with E-state index in [0.717, 1.165) is 12.8 Å². The first kappa shape index (κ1) is 13.1. The number of aliphatic hydroxyl groups is 2. The SMILES string of the molecule is CC(C)=CC[C@@H](O)[C@]1(C)[C@@H]2CC[C@@H](C2)[C@]1(C)O. The highest BCUT2D eigenvalue weighted by molar-refractivity contribution is 5.15. The number of hydrogen-bond donors (Lipinski definition) is 2. The van der Waals surface area contributed by atoms with Crippen LogP contribution in [0.3, 0.4) is 0 Å². The summed E-state index contributed by atoms with van der Waals surface area (Å²) in [7, 11) is 0. The molecule has 2 fully saturated rings. The fourth-order valence-corrected chi connectivity index (χ4v) is 4.09. The van der Waals surface area contributed by atoms with E-state index in [9.17, 15) is 10.2 Å². The first-order valence-corrected chi connectivity index (χ1v) is 6.84. The summed E-state index contributed by atoms with van der Waals surface area (Å²) >= 11 is 0. The summed E-state index contributed by atoms with van der Waals surface area (Å²) in [6.45, 7) is 8.12. The van der Waals surface area contributed by atoms with Crippen LogP contribution in [0.25, 0.3) is 0 Å². The smallest absolute Gasteiger partial charge is 0.0728 e. The van der Waals surface area contributed by atoms with Gasteiger partial charge in [-0.1, -0.05) is 18.6 Å². The molecule has 0 spiro atoms. The van der Waals surface area contributed by atoms with E-state index in [1.807, 2.05) is 20.8 Å². The second kappa shape index (κ2) is 4.10. The standard InChI is InChI=1S/C15H26O2/c1-10(2)5-8-13(16)14(3)11-6-7-12(9-11)15(14,4)17/h5,11-13,16-17H,6-9H2,1-4H3/t11-,12+,13-,14+,15+/m1/s1. The normalized spacial score (nSPS) is 46.0. The summed E-state index contributed by atoms with van der Waals surface area (Å²) in [6, 6.07) is 0. The van der Waals surface area contributed by atoms with Crippen LogP contribution in [-0.4, -0.2) is 21.9 Å². The number of hydrogen-bond acceptors (Lipinski definition) is 2. The summed E-state index contributed by atoms with van der Waals surface area (Å²) in [4.78, 5) is 0. The molecule has 2 heteroatoms. The van der Waals surface area contributed by atoms with Crippen LogP contribution in [0.4, 0.5) is 0 Å². The lowest BCUT2D eigenvalue weighted by Gasteiger charge is -2.49. The highest BCUT2D eigenvalue weighted by Gasteiger charge is 2.64. The minimum Gasteiger partial charge on any atom is -0.392 e. The van der Waals surface area contributed by atoms with Gasteiger partial charge < -0.3 is 10.2 Å². The van der Waals surface area contributed by atoms with E-state index < -0.39 is 11.7 Å². The van der Waals surface area contributed by atoms with Gasteiger partial charge in [-0.2, -0.15) is 0 Å². The van der Waals surface area contributed by atoms with E-state index >= 15 is 0 Å². The Morgan fingerprint density at radius 3 is 2.35 bits per heavy atom. The lowest BCUT2D eigenvalue weighted by atomic mass is 9.61. The van der Waals surface area contributed by atoms with E-state index in [0.29, 0.717) is 18.3 Å². The zero-order valence-electron chi connectivity index (χ0n) is 11.5. The van der Waals surface area contributed by atoms with Crippen LogP contribution in [0.5, 0.6) is 0 Å². The number of aliphatic hydroxyl groups excluding tert-OH is 1. The van der Waals surface area contributed by atoms with Crippen molar-refractivity contribution in [2.75, 3.05) is 0 Å². The summed E-state index contributed by atoms with van der Waals surface area (Å²) in [5.74, 6) is 0.877. The van der Waals surface area contributed by atoms with Crippen molar-refractivity contribution in [2.45, 2.75) is 65.1 Å². The van der Waals surface area contributed by atoms with Crippen molar-refractivity contribution in [3.63, 3.8) is 0 Å². The molecule has 0 radical (unpaired) electrons. The van der Waals surface area contributed by atoms with Crippen molar-refractivity contribution in [3.05, 3.63) is 11.6 Å². The molecule has 0 aromatic carbocycles. The molecule has 2 bridgehead atoms. The van der Waals surface area contributed by atoms with Crippen molar-refractivity contribution < 1.29 is 10.2 Å².